The van der Waals surface area contributed by atoms with Crippen molar-refractivity contribution in [3.05, 3.63) is 49.5 Å². The fraction of sp³-hybridized carbons (Fsp3) is 0.429. The van der Waals surface area contributed by atoms with Crippen molar-refractivity contribution in [3.8, 4) is 12.1 Å². The topological polar surface area (TPSA) is 122 Å². The minimum absolute atomic E-state index is 0.180. The molecule has 39 heavy (non-hydrogen) atoms. The summed E-state index contributed by atoms with van der Waals surface area (Å²) < 4.78 is 4.38. The van der Waals surface area contributed by atoms with Gasteiger partial charge in [0.25, 0.3) is 11.5 Å². The average Bonchev–Trinajstić information content (AvgIpc) is 3.44. The van der Waals surface area contributed by atoms with Crippen LogP contribution < -0.4 is 25.4 Å². The Morgan fingerprint density at radius 3 is 2.62 bits per heavy atom. The van der Waals surface area contributed by atoms with Gasteiger partial charge in [0.1, 0.15) is 21.8 Å². The second kappa shape index (κ2) is 12.8. The molecular formula is C28H34N8O2S. The van der Waals surface area contributed by atoms with Gasteiger partial charge in [-0.1, -0.05) is 6.92 Å². The molecule has 11 heteroatoms. The quantitative estimate of drug-likeness (QED) is 0.387. The van der Waals surface area contributed by atoms with E-state index in [1.165, 1.54) is 21.0 Å². The van der Waals surface area contributed by atoms with E-state index in [1.807, 2.05) is 18.2 Å². The Morgan fingerprint density at radius 1 is 1.18 bits per heavy atom. The Balaban J connectivity index is 1.69. The molecule has 10 nitrogen and oxygen atoms in total. The number of rotatable bonds is 9. The minimum atomic E-state index is -0.670. The molecule has 2 aromatic heterocycles. The van der Waals surface area contributed by atoms with Gasteiger partial charge in [-0.05, 0) is 44.2 Å². The molecule has 1 fully saturated rings. The van der Waals surface area contributed by atoms with Gasteiger partial charge in [0, 0.05) is 74.8 Å². The zero-order chi connectivity index (χ0) is 27.9. The van der Waals surface area contributed by atoms with Gasteiger partial charge in [-0.25, -0.2) is 0 Å². The van der Waals surface area contributed by atoms with Gasteiger partial charge in [-0.2, -0.15) is 10.5 Å². The molecule has 1 aliphatic rings. The van der Waals surface area contributed by atoms with Crippen molar-refractivity contribution in [1.29, 1.82) is 10.5 Å². The van der Waals surface area contributed by atoms with E-state index >= 15 is 0 Å². The summed E-state index contributed by atoms with van der Waals surface area (Å²) in [5.74, 6) is -0.670. The van der Waals surface area contributed by atoms with Crippen LogP contribution >= 0.6 is 11.3 Å². The van der Waals surface area contributed by atoms with Crippen LogP contribution in [0, 0.1) is 22.7 Å². The summed E-state index contributed by atoms with van der Waals surface area (Å²) in [5, 5.41) is 25.2. The number of hydrogen-bond acceptors (Lipinski definition) is 8. The SMILES string of the molecule is CCCn1cc(CN2CCN(C)CC2)c2cc(N/C=c3\s/c(=C(\C#N)C(=O)NCC#N)n(CC)c3=O)ccc21. The number of hydrogen-bond donors (Lipinski definition) is 2. The van der Waals surface area contributed by atoms with Crippen LogP contribution in [-0.4, -0.2) is 64.6 Å². The number of likely N-dealkylation sites (N-methyl/N-ethyl adjacent to an activating group) is 1. The van der Waals surface area contributed by atoms with E-state index in [1.54, 1.807) is 13.1 Å². The molecule has 2 N–H and O–H groups in total. The third-order valence-electron chi connectivity index (χ3n) is 6.89. The van der Waals surface area contributed by atoms with Crippen LogP contribution in [0.4, 0.5) is 5.69 Å². The van der Waals surface area contributed by atoms with E-state index in [0.29, 0.717) is 11.1 Å². The van der Waals surface area contributed by atoms with E-state index in [-0.39, 0.29) is 22.3 Å². The minimum Gasteiger partial charge on any atom is -0.360 e. The monoisotopic (exact) mass is 546 g/mol. The molecule has 0 atom stereocenters. The number of nitriles is 2. The van der Waals surface area contributed by atoms with Crippen LogP contribution in [-0.2, 0) is 24.4 Å². The molecule has 0 spiro atoms. The van der Waals surface area contributed by atoms with Crippen molar-refractivity contribution in [1.82, 2.24) is 24.3 Å². The number of fused-ring (bicyclic) bond motifs is 1. The van der Waals surface area contributed by atoms with Gasteiger partial charge in [0.05, 0.1) is 6.07 Å². The molecular weight excluding hydrogens is 512 g/mol. The summed E-state index contributed by atoms with van der Waals surface area (Å²) in [6.07, 6.45) is 4.95. The normalized spacial score (nSPS) is 15.7. The van der Waals surface area contributed by atoms with Crippen LogP contribution in [0.25, 0.3) is 22.7 Å². The fourth-order valence-electron chi connectivity index (χ4n) is 4.80. The maximum Gasteiger partial charge on any atom is 0.270 e. The fourth-order valence-corrected chi connectivity index (χ4v) is 5.89. The summed E-state index contributed by atoms with van der Waals surface area (Å²) in [5.41, 5.74) is 2.87. The first-order chi connectivity index (χ1) is 18.9. The molecule has 1 aromatic carbocycles. The maximum atomic E-state index is 13.1. The van der Waals surface area contributed by atoms with Crippen LogP contribution in [0.15, 0.2) is 29.2 Å². The van der Waals surface area contributed by atoms with Crippen molar-refractivity contribution in [3.63, 3.8) is 0 Å². The Morgan fingerprint density at radius 2 is 1.95 bits per heavy atom. The van der Waals surface area contributed by atoms with Crippen molar-refractivity contribution in [2.45, 2.75) is 39.9 Å². The predicted molar refractivity (Wildman–Crippen MR) is 154 cm³/mol. The number of aryl methyl sites for hydroxylation is 1. The molecule has 1 aliphatic heterocycles. The van der Waals surface area contributed by atoms with Gasteiger partial charge in [0.15, 0.2) is 5.57 Å². The number of carbonyl (C=O) groups excluding carboxylic acids is 1. The summed E-state index contributed by atoms with van der Waals surface area (Å²) in [4.78, 5) is 30.3. The number of amides is 1. The molecule has 3 aromatic rings. The molecule has 0 unspecified atom stereocenters. The Bertz CT molecular complexity index is 1610. The first-order valence-corrected chi connectivity index (χ1v) is 14.0. The number of nitrogens with one attached hydrogen (secondary N) is 2. The van der Waals surface area contributed by atoms with Crippen molar-refractivity contribution in [2.24, 2.45) is 0 Å². The Kier molecular flexibility index (Phi) is 9.20. The number of anilines is 1. The van der Waals surface area contributed by atoms with Crippen LogP contribution in [0.5, 0.6) is 0 Å². The van der Waals surface area contributed by atoms with Crippen LogP contribution in [0.3, 0.4) is 0 Å². The summed E-state index contributed by atoms with van der Waals surface area (Å²) in [6, 6.07) is 9.95. The lowest BCUT2D eigenvalue weighted by molar-refractivity contribution is -0.115. The van der Waals surface area contributed by atoms with Crippen molar-refractivity contribution in [2.75, 3.05) is 45.1 Å². The third-order valence-corrected chi connectivity index (χ3v) is 8.02. The number of piperazine rings is 1. The maximum absolute atomic E-state index is 13.1. The van der Waals surface area contributed by atoms with E-state index in [4.69, 9.17) is 5.26 Å². The lowest BCUT2D eigenvalue weighted by Crippen LogP contribution is -2.43. The van der Waals surface area contributed by atoms with Gasteiger partial charge >= 0.3 is 0 Å². The second-order valence-corrected chi connectivity index (χ2v) is 10.6. The smallest absolute Gasteiger partial charge is 0.270 e. The van der Waals surface area contributed by atoms with E-state index in [0.717, 1.165) is 62.7 Å². The highest BCUT2D eigenvalue weighted by Crippen LogP contribution is 2.27. The second-order valence-electron chi connectivity index (χ2n) is 9.60. The van der Waals surface area contributed by atoms with Gasteiger partial charge < -0.3 is 20.1 Å². The molecule has 0 saturated carbocycles. The highest BCUT2D eigenvalue weighted by atomic mass is 32.1. The molecule has 3 heterocycles. The van der Waals surface area contributed by atoms with Crippen LogP contribution in [0.2, 0.25) is 0 Å². The first kappa shape index (κ1) is 28.1. The predicted octanol–water partition coefficient (Wildman–Crippen LogP) is 1.21. The van der Waals surface area contributed by atoms with Gasteiger partial charge in [-0.15, -0.1) is 11.3 Å². The van der Waals surface area contributed by atoms with Crippen LogP contribution in [0.1, 0.15) is 25.8 Å². The molecule has 0 aliphatic carbocycles. The first-order valence-electron chi connectivity index (χ1n) is 13.2. The third kappa shape index (κ3) is 6.23. The highest BCUT2D eigenvalue weighted by molar-refractivity contribution is 7.07. The molecule has 1 amide bonds. The Labute approximate surface area is 231 Å². The number of carbonyl (C=O) groups is 1. The number of nitrogens with zero attached hydrogens (tertiary/aromatic N) is 6. The van der Waals surface area contributed by atoms with Gasteiger partial charge in [0.2, 0.25) is 0 Å². The molecule has 0 bridgehead atoms. The highest BCUT2D eigenvalue weighted by Gasteiger charge is 2.18. The molecule has 204 valence electrons. The largest absolute Gasteiger partial charge is 0.360 e. The number of aromatic nitrogens is 2. The Hall–Kier alpha value is -3.90. The lowest BCUT2D eigenvalue weighted by atomic mass is 10.1. The van der Waals surface area contributed by atoms with E-state index in [9.17, 15) is 14.9 Å². The lowest BCUT2D eigenvalue weighted by Gasteiger charge is -2.32. The summed E-state index contributed by atoms with van der Waals surface area (Å²) >= 11 is 1.08. The van der Waals surface area contributed by atoms with Crippen molar-refractivity contribution >= 4 is 45.6 Å². The zero-order valence-electron chi connectivity index (χ0n) is 22.7. The molecule has 1 saturated heterocycles. The van der Waals surface area contributed by atoms with E-state index < -0.39 is 5.91 Å². The molecule has 0 radical (unpaired) electrons. The van der Waals surface area contributed by atoms with E-state index in [2.05, 4.69) is 57.3 Å². The summed E-state index contributed by atoms with van der Waals surface area (Å²) in [6.45, 7) is 10.1. The zero-order valence-corrected chi connectivity index (χ0v) is 23.5. The summed E-state index contributed by atoms with van der Waals surface area (Å²) in [7, 11) is 2.16. The number of benzene rings is 1. The van der Waals surface area contributed by atoms with Crippen molar-refractivity contribution < 1.29 is 4.79 Å². The van der Waals surface area contributed by atoms with Gasteiger partial charge in [-0.3, -0.25) is 19.1 Å². The molecule has 4 rings (SSSR count). The number of thiazole rings is 1. The average molecular weight is 547 g/mol. The standard InChI is InChI=1S/C28H34N8O2S/c1-4-10-35-19-20(18-34-13-11-33(3)12-14-34)22-15-21(6-7-24(22)35)32-17-25-27(38)36(5-2)28(39-25)23(16-30)26(37)31-9-8-29/h6-7,15,17,19,32H,4-5,9-14,18H2,1-3H3,(H,31,37)/b25-17-,28-23+.